The number of aryl methyl sites for hydroxylation is 1. The van der Waals surface area contributed by atoms with E-state index in [1.807, 2.05) is 6.92 Å². The molecule has 1 aromatic heterocycles. The lowest BCUT2D eigenvalue weighted by Gasteiger charge is -2.03. The number of hydrogen-bond acceptors (Lipinski definition) is 5. The van der Waals surface area contributed by atoms with Gasteiger partial charge in [0, 0.05) is 5.56 Å². The number of benzene rings is 1. The predicted molar refractivity (Wildman–Crippen MR) is 67.1 cm³/mol. The standard InChI is InChI=1S/C13H13N3O3/c1-3-19-13(18)12(17)10-5-4-6-11(7-10)16-14-8-9(2)15-16/h4-8H,3H2,1-2H3. The zero-order valence-corrected chi connectivity index (χ0v) is 10.7. The second-order valence-electron chi connectivity index (χ2n) is 3.88. The van der Waals surface area contributed by atoms with Crippen molar-refractivity contribution in [2.75, 3.05) is 6.61 Å². The molecule has 1 heterocycles. The average molecular weight is 259 g/mol. The zero-order chi connectivity index (χ0) is 13.8. The van der Waals surface area contributed by atoms with Crippen molar-refractivity contribution in [1.29, 1.82) is 0 Å². The molecule has 0 fully saturated rings. The summed E-state index contributed by atoms with van der Waals surface area (Å²) in [6.07, 6.45) is 1.61. The number of Topliss-reactive ketones (excluding diaryl/α,β-unsaturated/α-hetero) is 1. The molecule has 6 heteroatoms. The maximum atomic E-state index is 11.8. The first kappa shape index (κ1) is 12.9. The van der Waals surface area contributed by atoms with E-state index in [0.29, 0.717) is 5.69 Å². The summed E-state index contributed by atoms with van der Waals surface area (Å²) in [4.78, 5) is 24.6. The summed E-state index contributed by atoms with van der Waals surface area (Å²) in [5, 5.41) is 8.19. The number of esters is 1. The van der Waals surface area contributed by atoms with Crippen molar-refractivity contribution in [3.05, 3.63) is 41.7 Å². The van der Waals surface area contributed by atoms with E-state index in [9.17, 15) is 9.59 Å². The van der Waals surface area contributed by atoms with E-state index in [0.717, 1.165) is 5.69 Å². The van der Waals surface area contributed by atoms with Crippen LogP contribution < -0.4 is 0 Å². The van der Waals surface area contributed by atoms with Crippen LogP contribution in [0, 0.1) is 6.92 Å². The highest BCUT2D eigenvalue weighted by Gasteiger charge is 2.17. The zero-order valence-electron chi connectivity index (χ0n) is 10.7. The van der Waals surface area contributed by atoms with Crippen molar-refractivity contribution in [3.63, 3.8) is 0 Å². The van der Waals surface area contributed by atoms with Gasteiger partial charge in [-0.15, -0.1) is 0 Å². The van der Waals surface area contributed by atoms with E-state index < -0.39 is 11.8 Å². The third kappa shape index (κ3) is 2.85. The first-order valence-corrected chi connectivity index (χ1v) is 5.82. The number of ether oxygens (including phenoxy) is 1. The summed E-state index contributed by atoms with van der Waals surface area (Å²) >= 11 is 0. The summed E-state index contributed by atoms with van der Waals surface area (Å²) in [6.45, 7) is 3.64. The van der Waals surface area contributed by atoms with Crippen LogP contribution >= 0.6 is 0 Å². The number of aromatic nitrogens is 3. The SMILES string of the molecule is CCOC(=O)C(=O)c1cccc(-n2ncc(C)n2)c1. The molecule has 1 aromatic carbocycles. The Kier molecular flexibility index (Phi) is 3.70. The molecule has 0 saturated carbocycles. The maximum absolute atomic E-state index is 11.8. The second-order valence-corrected chi connectivity index (χ2v) is 3.88. The Morgan fingerprint density at radius 3 is 2.79 bits per heavy atom. The van der Waals surface area contributed by atoms with Gasteiger partial charge in [0.15, 0.2) is 0 Å². The first-order valence-electron chi connectivity index (χ1n) is 5.82. The molecule has 0 atom stereocenters. The second kappa shape index (κ2) is 5.43. The van der Waals surface area contributed by atoms with Crippen molar-refractivity contribution < 1.29 is 14.3 Å². The quantitative estimate of drug-likeness (QED) is 0.470. The Morgan fingerprint density at radius 1 is 1.37 bits per heavy atom. The van der Waals surface area contributed by atoms with Gasteiger partial charge in [0.05, 0.1) is 24.2 Å². The average Bonchev–Trinajstić information content (AvgIpc) is 2.85. The van der Waals surface area contributed by atoms with Crippen LogP contribution in [-0.2, 0) is 9.53 Å². The van der Waals surface area contributed by atoms with E-state index in [-0.39, 0.29) is 12.2 Å². The molecule has 2 rings (SSSR count). The fourth-order valence-electron chi connectivity index (χ4n) is 1.55. The number of carbonyl (C=O) groups excluding carboxylic acids is 2. The normalized spacial score (nSPS) is 10.2. The van der Waals surface area contributed by atoms with Gasteiger partial charge >= 0.3 is 5.97 Å². The van der Waals surface area contributed by atoms with E-state index in [1.54, 1.807) is 37.4 Å². The van der Waals surface area contributed by atoms with Crippen LogP contribution in [0.25, 0.3) is 5.69 Å². The minimum absolute atomic E-state index is 0.171. The summed E-state index contributed by atoms with van der Waals surface area (Å²) < 4.78 is 4.68. The van der Waals surface area contributed by atoms with Crippen molar-refractivity contribution in [3.8, 4) is 5.69 Å². The molecule has 0 aliphatic carbocycles. The van der Waals surface area contributed by atoms with Gasteiger partial charge < -0.3 is 4.74 Å². The molecule has 0 spiro atoms. The van der Waals surface area contributed by atoms with Gasteiger partial charge in [-0.1, -0.05) is 12.1 Å². The third-order valence-electron chi connectivity index (χ3n) is 2.41. The van der Waals surface area contributed by atoms with Crippen LogP contribution in [0.15, 0.2) is 30.5 Å². The van der Waals surface area contributed by atoms with Crippen molar-refractivity contribution in [1.82, 2.24) is 15.0 Å². The van der Waals surface area contributed by atoms with Gasteiger partial charge in [0.1, 0.15) is 0 Å². The van der Waals surface area contributed by atoms with Crippen molar-refractivity contribution in [2.45, 2.75) is 13.8 Å². The summed E-state index contributed by atoms with van der Waals surface area (Å²) in [5.74, 6) is -1.53. The van der Waals surface area contributed by atoms with Gasteiger partial charge in [0.25, 0.3) is 5.78 Å². The molecule has 0 N–H and O–H groups in total. The van der Waals surface area contributed by atoms with Gasteiger partial charge in [-0.3, -0.25) is 4.79 Å². The lowest BCUT2D eigenvalue weighted by atomic mass is 10.1. The van der Waals surface area contributed by atoms with Crippen LogP contribution in [0.5, 0.6) is 0 Å². The Balaban J connectivity index is 2.29. The van der Waals surface area contributed by atoms with E-state index in [1.165, 1.54) is 4.80 Å². The molecule has 6 nitrogen and oxygen atoms in total. The van der Waals surface area contributed by atoms with Crippen molar-refractivity contribution >= 4 is 11.8 Å². The Bertz CT molecular complexity index is 619. The molecule has 0 bridgehead atoms. The third-order valence-corrected chi connectivity index (χ3v) is 2.41. The lowest BCUT2D eigenvalue weighted by molar-refractivity contribution is -0.137. The fourth-order valence-corrected chi connectivity index (χ4v) is 1.55. The molecule has 0 aliphatic heterocycles. The Hall–Kier alpha value is -2.50. The molecule has 0 amide bonds. The number of rotatable bonds is 4. The molecule has 2 aromatic rings. The molecule has 19 heavy (non-hydrogen) atoms. The molecule has 98 valence electrons. The smallest absolute Gasteiger partial charge is 0.379 e. The van der Waals surface area contributed by atoms with Crippen LogP contribution in [0.3, 0.4) is 0 Å². The topological polar surface area (TPSA) is 74.1 Å². The monoisotopic (exact) mass is 259 g/mol. The van der Waals surface area contributed by atoms with Gasteiger partial charge in [-0.25, -0.2) is 4.79 Å². The number of carbonyl (C=O) groups is 2. The van der Waals surface area contributed by atoms with Gasteiger partial charge in [0.2, 0.25) is 0 Å². The summed E-state index contributed by atoms with van der Waals surface area (Å²) in [7, 11) is 0. The Morgan fingerprint density at radius 2 is 2.16 bits per heavy atom. The fraction of sp³-hybridized carbons (Fsp3) is 0.231. The maximum Gasteiger partial charge on any atom is 0.379 e. The van der Waals surface area contributed by atoms with Crippen LogP contribution in [-0.4, -0.2) is 33.4 Å². The van der Waals surface area contributed by atoms with E-state index >= 15 is 0 Å². The molecular weight excluding hydrogens is 246 g/mol. The minimum atomic E-state index is -0.857. The number of hydrogen-bond donors (Lipinski definition) is 0. The largest absolute Gasteiger partial charge is 0.460 e. The van der Waals surface area contributed by atoms with Gasteiger partial charge in [-0.05, 0) is 26.0 Å². The highest BCUT2D eigenvalue weighted by molar-refractivity contribution is 6.40. The molecule has 0 unspecified atom stereocenters. The van der Waals surface area contributed by atoms with Gasteiger partial charge in [-0.2, -0.15) is 15.0 Å². The number of ketones is 1. The molecule has 0 saturated heterocycles. The van der Waals surface area contributed by atoms with E-state index in [2.05, 4.69) is 14.9 Å². The summed E-state index contributed by atoms with van der Waals surface area (Å²) in [6, 6.07) is 6.53. The Labute approximate surface area is 110 Å². The molecule has 0 radical (unpaired) electrons. The highest BCUT2D eigenvalue weighted by Crippen LogP contribution is 2.10. The first-order chi connectivity index (χ1) is 9.11. The molecule has 0 aliphatic rings. The van der Waals surface area contributed by atoms with Crippen LogP contribution in [0.2, 0.25) is 0 Å². The van der Waals surface area contributed by atoms with Crippen LogP contribution in [0.1, 0.15) is 23.0 Å². The number of nitrogens with zero attached hydrogens (tertiary/aromatic N) is 3. The highest BCUT2D eigenvalue weighted by atomic mass is 16.5. The minimum Gasteiger partial charge on any atom is -0.460 e. The van der Waals surface area contributed by atoms with Crippen molar-refractivity contribution in [2.24, 2.45) is 0 Å². The predicted octanol–water partition coefficient (Wildman–Crippen LogP) is 1.32. The van der Waals surface area contributed by atoms with E-state index in [4.69, 9.17) is 0 Å². The van der Waals surface area contributed by atoms with Crippen LogP contribution in [0.4, 0.5) is 0 Å². The lowest BCUT2D eigenvalue weighted by Crippen LogP contribution is -2.17. The summed E-state index contributed by atoms with van der Waals surface area (Å²) in [5.41, 5.74) is 1.64. The molecular formula is C13H13N3O3.